The summed E-state index contributed by atoms with van der Waals surface area (Å²) >= 11 is 1.66. The lowest BCUT2D eigenvalue weighted by Gasteiger charge is -2.34. The fourth-order valence-corrected chi connectivity index (χ4v) is 3.28. The van der Waals surface area contributed by atoms with Gasteiger partial charge >= 0.3 is 0 Å². The lowest BCUT2D eigenvalue weighted by Crippen LogP contribution is -2.45. The number of rotatable bonds is 4. The molecule has 1 N–H and O–H groups in total. The maximum Gasteiger partial charge on any atom is 0.232 e. The molecule has 0 aliphatic carbocycles. The van der Waals surface area contributed by atoms with Crippen LogP contribution in [0.5, 0.6) is 0 Å². The van der Waals surface area contributed by atoms with Gasteiger partial charge in [-0.25, -0.2) is 0 Å². The Kier molecular flexibility index (Phi) is 5.49. The molecule has 0 aromatic heterocycles. The van der Waals surface area contributed by atoms with Gasteiger partial charge in [0.15, 0.2) is 0 Å². The molecule has 0 spiro atoms. The summed E-state index contributed by atoms with van der Waals surface area (Å²) in [6.45, 7) is 5.45. The van der Waals surface area contributed by atoms with Crippen molar-refractivity contribution < 1.29 is 9.90 Å². The number of amides is 1. The quantitative estimate of drug-likeness (QED) is 0.927. The Labute approximate surface area is 125 Å². The Morgan fingerprint density at radius 3 is 2.75 bits per heavy atom. The van der Waals surface area contributed by atoms with Gasteiger partial charge in [-0.15, -0.1) is 11.8 Å². The predicted molar refractivity (Wildman–Crippen MR) is 83.7 cm³/mol. The van der Waals surface area contributed by atoms with Crippen LogP contribution in [0.3, 0.4) is 0 Å². The number of benzene rings is 1. The second-order valence-electron chi connectivity index (χ2n) is 5.65. The standard InChI is InChI=1S/C16H23NO2S/c1-12-3-5-14(6-4-12)10-20-11-16(19)17-8-7-15(18)13(2)9-17/h3-6,13,15,18H,7-11H2,1-2H3. The van der Waals surface area contributed by atoms with E-state index in [-0.39, 0.29) is 17.9 Å². The van der Waals surface area contributed by atoms with E-state index in [1.165, 1.54) is 11.1 Å². The van der Waals surface area contributed by atoms with Crippen molar-refractivity contribution in [3.8, 4) is 0 Å². The number of carbonyl (C=O) groups excluding carboxylic acids is 1. The van der Waals surface area contributed by atoms with Gasteiger partial charge in [0.1, 0.15) is 0 Å². The number of nitrogens with zero attached hydrogens (tertiary/aromatic N) is 1. The second kappa shape index (κ2) is 7.14. The van der Waals surface area contributed by atoms with E-state index < -0.39 is 0 Å². The van der Waals surface area contributed by atoms with Crippen molar-refractivity contribution in [3.63, 3.8) is 0 Å². The predicted octanol–water partition coefficient (Wildman–Crippen LogP) is 2.46. The van der Waals surface area contributed by atoms with Gasteiger partial charge in [0.2, 0.25) is 5.91 Å². The van der Waals surface area contributed by atoms with E-state index in [2.05, 4.69) is 31.2 Å². The summed E-state index contributed by atoms with van der Waals surface area (Å²) in [4.78, 5) is 14.0. The number of aliphatic hydroxyl groups excluding tert-OH is 1. The van der Waals surface area contributed by atoms with Crippen molar-refractivity contribution >= 4 is 17.7 Å². The molecule has 1 aromatic rings. The Hall–Kier alpha value is -1.00. The molecule has 0 saturated carbocycles. The number of hydrogen-bond acceptors (Lipinski definition) is 3. The van der Waals surface area contributed by atoms with Crippen LogP contribution in [0.15, 0.2) is 24.3 Å². The molecule has 2 rings (SSSR count). The number of carbonyl (C=O) groups is 1. The van der Waals surface area contributed by atoms with Crippen molar-refractivity contribution in [2.75, 3.05) is 18.8 Å². The molecule has 2 atom stereocenters. The van der Waals surface area contributed by atoms with Crippen LogP contribution in [0.1, 0.15) is 24.5 Å². The molecule has 0 radical (unpaired) electrons. The first-order chi connectivity index (χ1) is 9.56. The van der Waals surface area contributed by atoms with Crippen LogP contribution in [0, 0.1) is 12.8 Å². The van der Waals surface area contributed by atoms with E-state index in [9.17, 15) is 9.90 Å². The van der Waals surface area contributed by atoms with Crippen LogP contribution in [0.2, 0.25) is 0 Å². The summed E-state index contributed by atoms with van der Waals surface area (Å²) < 4.78 is 0. The number of piperidine rings is 1. The van der Waals surface area contributed by atoms with Crippen LogP contribution in [-0.4, -0.2) is 40.9 Å². The highest BCUT2D eigenvalue weighted by Crippen LogP contribution is 2.19. The summed E-state index contributed by atoms with van der Waals surface area (Å²) in [5.74, 6) is 1.78. The lowest BCUT2D eigenvalue weighted by atomic mass is 9.97. The van der Waals surface area contributed by atoms with Crippen LogP contribution in [-0.2, 0) is 10.5 Å². The van der Waals surface area contributed by atoms with E-state index in [1.807, 2.05) is 11.8 Å². The minimum absolute atomic E-state index is 0.190. The zero-order valence-corrected chi connectivity index (χ0v) is 13.0. The summed E-state index contributed by atoms with van der Waals surface area (Å²) in [6, 6.07) is 8.44. The van der Waals surface area contributed by atoms with Crippen molar-refractivity contribution in [3.05, 3.63) is 35.4 Å². The molecule has 110 valence electrons. The summed E-state index contributed by atoms with van der Waals surface area (Å²) in [5.41, 5.74) is 2.52. The highest BCUT2D eigenvalue weighted by Gasteiger charge is 2.26. The molecule has 1 saturated heterocycles. The molecular weight excluding hydrogens is 270 g/mol. The molecule has 1 fully saturated rings. The highest BCUT2D eigenvalue weighted by molar-refractivity contribution is 7.99. The van der Waals surface area contributed by atoms with Gasteiger partial charge in [-0.05, 0) is 24.8 Å². The fourth-order valence-electron chi connectivity index (χ4n) is 2.39. The SMILES string of the molecule is Cc1ccc(CSCC(=O)N2CCC(O)C(C)C2)cc1. The van der Waals surface area contributed by atoms with Gasteiger partial charge < -0.3 is 10.0 Å². The third-order valence-electron chi connectivity index (χ3n) is 3.83. The third kappa shape index (κ3) is 4.25. The molecule has 1 amide bonds. The monoisotopic (exact) mass is 293 g/mol. The summed E-state index contributed by atoms with van der Waals surface area (Å²) in [5, 5.41) is 9.68. The average Bonchev–Trinajstić information content (AvgIpc) is 2.44. The second-order valence-corrected chi connectivity index (χ2v) is 6.64. The number of thioether (sulfide) groups is 1. The molecule has 20 heavy (non-hydrogen) atoms. The summed E-state index contributed by atoms with van der Waals surface area (Å²) in [6.07, 6.45) is 0.453. The summed E-state index contributed by atoms with van der Waals surface area (Å²) in [7, 11) is 0. The number of aryl methyl sites for hydroxylation is 1. The normalized spacial score (nSPS) is 22.9. The van der Waals surface area contributed by atoms with E-state index in [4.69, 9.17) is 0 Å². The molecule has 0 bridgehead atoms. The Morgan fingerprint density at radius 1 is 1.40 bits per heavy atom. The zero-order valence-electron chi connectivity index (χ0n) is 12.2. The molecular formula is C16H23NO2S. The first-order valence-corrected chi connectivity index (χ1v) is 8.31. The molecule has 1 aliphatic rings. The van der Waals surface area contributed by atoms with Crippen molar-refractivity contribution in [1.29, 1.82) is 0 Å². The molecule has 1 heterocycles. The van der Waals surface area contributed by atoms with Gasteiger partial charge in [0.25, 0.3) is 0 Å². The van der Waals surface area contributed by atoms with Gasteiger partial charge in [-0.2, -0.15) is 0 Å². The van der Waals surface area contributed by atoms with E-state index in [0.717, 1.165) is 5.75 Å². The van der Waals surface area contributed by atoms with Gasteiger partial charge in [0, 0.05) is 18.8 Å². The number of likely N-dealkylation sites (tertiary alicyclic amines) is 1. The third-order valence-corrected chi connectivity index (χ3v) is 4.82. The van der Waals surface area contributed by atoms with Crippen LogP contribution >= 0.6 is 11.8 Å². The minimum atomic E-state index is -0.251. The van der Waals surface area contributed by atoms with Gasteiger partial charge in [-0.3, -0.25) is 4.79 Å². The zero-order chi connectivity index (χ0) is 14.5. The van der Waals surface area contributed by atoms with Crippen LogP contribution in [0.4, 0.5) is 0 Å². The van der Waals surface area contributed by atoms with Crippen LogP contribution in [0.25, 0.3) is 0 Å². The van der Waals surface area contributed by atoms with Gasteiger partial charge in [-0.1, -0.05) is 36.8 Å². The van der Waals surface area contributed by atoms with E-state index >= 15 is 0 Å². The number of hydrogen-bond donors (Lipinski definition) is 1. The molecule has 2 unspecified atom stereocenters. The molecule has 3 nitrogen and oxygen atoms in total. The topological polar surface area (TPSA) is 40.5 Å². The van der Waals surface area contributed by atoms with Crippen molar-refractivity contribution in [2.24, 2.45) is 5.92 Å². The number of aliphatic hydroxyl groups is 1. The smallest absolute Gasteiger partial charge is 0.232 e. The minimum Gasteiger partial charge on any atom is -0.393 e. The average molecular weight is 293 g/mol. The van der Waals surface area contributed by atoms with Crippen molar-refractivity contribution in [1.82, 2.24) is 4.90 Å². The Morgan fingerprint density at radius 2 is 2.10 bits per heavy atom. The largest absolute Gasteiger partial charge is 0.393 e. The molecule has 1 aromatic carbocycles. The molecule has 1 aliphatic heterocycles. The van der Waals surface area contributed by atoms with Crippen molar-refractivity contribution in [2.45, 2.75) is 32.1 Å². The fraction of sp³-hybridized carbons (Fsp3) is 0.562. The lowest BCUT2D eigenvalue weighted by molar-refractivity contribution is -0.131. The maximum absolute atomic E-state index is 12.1. The Bertz CT molecular complexity index is 446. The Balaban J connectivity index is 1.74. The molecule has 4 heteroatoms. The maximum atomic E-state index is 12.1. The van der Waals surface area contributed by atoms with E-state index in [0.29, 0.717) is 25.3 Å². The van der Waals surface area contributed by atoms with Gasteiger partial charge in [0.05, 0.1) is 11.9 Å². The first-order valence-electron chi connectivity index (χ1n) is 7.15. The first kappa shape index (κ1) is 15.4. The highest BCUT2D eigenvalue weighted by atomic mass is 32.2. The van der Waals surface area contributed by atoms with E-state index in [1.54, 1.807) is 11.8 Å². The van der Waals surface area contributed by atoms with Crippen LogP contribution < -0.4 is 0 Å².